The first-order chi connectivity index (χ1) is 12.5. The number of aromatic amines is 1. The third kappa shape index (κ3) is 4.01. The highest BCUT2D eigenvalue weighted by molar-refractivity contribution is 7.93. The van der Waals surface area contributed by atoms with Crippen LogP contribution in [0, 0.1) is 20.8 Å². The molecule has 0 unspecified atom stereocenters. The lowest BCUT2D eigenvalue weighted by Gasteiger charge is -2.11. The molecule has 3 aromatic rings. The number of rotatable bonds is 4. The second-order valence-corrected chi connectivity index (χ2v) is 9.03. The molecule has 0 bridgehead atoms. The van der Waals surface area contributed by atoms with Gasteiger partial charge in [0.2, 0.25) is 0 Å². The van der Waals surface area contributed by atoms with Crippen LogP contribution >= 0.6 is 11.3 Å². The van der Waals surface area contributed by atoms with Crippen molar-refractivity contribution >= 4 is 27.0 Å². The van der Waals surface area contributed by atoms with E-state index in [-0.39, 0.29) is 10.6 Å². The molecule has 144 valence electrons. The van der Waals surface area contributed by atoms with E-state index >= 15 is 0 Å². The third-order valence-corrected chi connectivity index (χ3v) is 6.63. The number of thiophene rings is 1. The molecular formula is C17H16F3N3O2S2. The lowest BCUT2D eigenvalue weighted by Crippen LogP contribution is -2.14. The maximum atomic E-state index is 12.8. The zero-order chi connectivity index (χ0) is 20.0. The van der Waals surface area contributed by atoms with Crippen LogP contribution in [0.1, 0.15) is 21.7 Å². The lowest BCUT2D eigenvalue weighted by molar-refractivity contribution is -0.141. The predicted molar refractivity (Wildman–Crippen MR) is 98.4 cm³/mol. The number of hydrogen-bond donors (Lipinski definition) is 2. The maximum absolute atomic E-state index is 12.8. The highest BCUT2D eigenvalue weighted by Crippen LogP contribution is 2.36. The van der Waals surface area contributed by atoms with Gasteiger partial charge in [0.1, 0.15) is 16.3 Å². The second-order valence-electron chi connectivity index (χ2n) is 6.12. The van der Waals surface area contributed by atoms with Gasteiger partial charge in [0.15, 0.2) is 0 Å². The molecule has 0 aliphatic carbocycles. The lowest BCUT2D eigenvalue weighted by atomic mass is 10.1. The van der Waals surface area contributed by atoms with Crippen molar-refractivity contribution < 1.29 is 21.6 Å². The minimum atomic E-state index is -4.54. The number of aromatic nitrogens is 2. The molecule has 0 aliphatic rings. The summed E-state index contributed by atoms with van der Waals surface area (Å²) >= 11 is 1.07. The van der Waals surface area contributed by atoms with Crippen molar-refractivity contribution in [1.82, 2.24) is 10.2 Å². The number of benzene rings is 1. The molecule has 0 spiro atoms. The molecule has 2 N–H and O–H groups in total. The first-order valence-electron chi connectivity index (χ1n) is 7.81. The Morgan fingerprint density at radius 1 is 1.11 bits per heavy atom. The Kier molecular flexibility index (Phi) is 4.81. The van der Waals surface area contributed by atoms with E-state index < -0.39 is 21.9 Å². The van der Waals surface area contributed by atoms with E-state index in [9.17, 15) is 21.6 Å². The summed E-state index contributed by atoms with van der Waals surface area (Å²) in [5, 5.41) is 5.58. The van der Waals surface area contributed by atoms with Crippen LogP contribution in [0.15, 0.2) is 35.2 Å². The molecule has 0 radical (unpaired) electrons. The van der Waals surface area contributed by atoms with Crippen molar-refractivity contribution in [1.29, 1.82) is 0 Å². The van der Waals surface area contributed by atoms with E-state index in [4.69, 9.17) is 0 Å². The Morgan fingerprint density at radius 3 is 2.44 bits per heavy atom. The predicted octanol–water partition coefficient (Wildman–Crippen LogP) is 4.88. The van der Waals surface area contributed by atoms with Crippen molar-refractivity contribution in [3.8, 4) is 10.6 Å². The van der Waals surface area contributed by atoms with Gasteiger partial charge in [-0.25, -0.2) is 8.42 Å². The monoisotopic (exact) mass is 415 g/mol. The Bertz CT molecular complexity index is 1100. The number of aryl methyl sites for hydroxylation is 3. The number of alkyl halides is 3. The van der Waals surface area contributed by atoms with Crippen LogP contribution in [0.4, 0.5) is 18.9 Å². The SMILES string of the molecule is Cc1ccc(C)c(NS(=O)(=O)c2cc(-c3cc(C(F)(F)F)[nH]n3)sc2C)c1. The molecule has 0 fully saturated rings. The normalized spacial score (nSPS) is 12.4. The van der Waals surface area contributed by atoms with E-state index in [1.807, 2.05) is 24.2 Å². The Labute approximate surface area is 158 Å². The molecule has 0 saturated heterocycles. The van der Waals surface area contributed by atoms with Crippen molar-refractivity contribution in [2.45, 2.75) is 31.8 Å². The van der Waals surface area contributed by atoms with Gasteiger partial charge in [-0.2, -0.15) is 18.3 Å². The zero-order valence-electron chi connectivity index (χ0n) is 14.6. The van der Waals surface area contributed by atoms with Gasteiger partial charge in [-0.1, -0.05) is 12.1 Å². The zero-order valence-corrected chi connectivity index (χ0v) is 16.2. The average molecular weight is 415 g/mol. The number of nitrogens with zero attached hydrogens (tertiary/aromatic N) is 1. The highest BCUT2D eigenvalue weighted by Gasteiger charge is 2.33. The molecule has 1 aromatic carbocycles. The van der Waals surface area contributed by atoms with Crippen LogP contribution < -0.4 is 4.72 Å². The van der Waals surface area contributed by atoms with E-state index in [0.717, 1.165) is 28.5 Å². The summed E-state index contributed by atoms with van der Waals surface area (Å²) in [6, 6.07) is 7.60. The highest BCUT2D eigenvalue weighted by atomic mass is 32.2. The number of anilines is 1. The van der Waals surface area contributed by atoms with Gasteiger partial charge >= 0.3 is 6.18 Å². The van der Waals surface area contributed by atoms with E-state index in [2.05, 4.69) is 9.82 Å². The molecular weight excluding hydrogens is 399 g/mol. The van der Waals surface area contributed by atoms with Crippen molar-refractivity contribution in [2.75, 3.05) is 4.72 Å². The summed E-state index contributed by atoms with van der Waals surface area (Å²) in [5.74, 6) is 0. The summed E-state index contributed by atoms with van der Waals surface area (Å²) < 4.78 is 66.3. The standard InChI is InChI=1S/C17H16F3N3O2S2/c1-9-4-5-10(2)12(6-9)23-27(24,25)15-8-14(26-11(15)3)13-7-16(22-21-13)17(18,19)20/h4-8,23H,1-3H3,(H,21,22). The van der Waals surface area contributed by atoms with Crippen LogP contribution in [0.25, 0.3) is 10.6 Å². The van der Waals surface area contributed by atoms with Gasteiger partial charge < -0.3 is 0 Å². The van der Waals surface area contributed by atoms with Crippen LogP contribution in [-0.4, -0.2) is 18.6 Å². The molecule has 0 aliphatic heterocycles. The van der Waals surface area contributed by atoms with Gasteiger partial charge in [-0.05, 0) is 50.1 Å². The molecule has 0 saturated carbocycles. The summed E-state index contributed by atoms with van der Waals surface area (Å²) in [4.78, 5) is 0.805. The fourth-order valence-corrected chi connectivity index (χ4v) is 5.17. The minimum absolute atomic E-state index is 0.0139. The van der Waals surface area contributed by atoms with Crippen LogP contribution in [0.3, 0.4) is 0 Å². The Balaban J connectivity index is 1.96. The molecule has 3 rings (SSSR count). The number of halogens is 3. The summed E-state index contributed by atoms with van der Waals surface area (Å²) in [7, 11) is -3.89. The number of H-pyrrole nitrogens is 1. The molecule has 0 amide bonds. The van der Waals surface area contributed by atoms with Gasteiger partial charge in [0.05, 0.1) is 10.6 Å². The van der Waals surface area contributed by atoms with E-state index in [1.54, 1.807) is 19.9 Å². The molecule has 2 aromatic heterocycles. The van der Waals surface area contributed by atoms with Gasteiger partial charge in [0, 0.05) is 4.88 Å². The average Bonchev–Trinajstić information content (AvgIpc) is 3.17. The Morgan fingerprint density at radius 2 is 1.81 bits per heavy atom. The number of sulfonamides is 1. The first-order valence-corrected chi connectivity index (χ1v) is 10.1. The van der Waals surface area contributed by atoms with Crippen molar-refractivity contribution in [3.05, 3.63) is 52.0 Å². The van der Waals surface area contributed by atoms with Crippen molar-refractivity contribution in [3.63, 3.8) is 0 Å². The van der Waals surface area contributed by atoms with Crippen LogP contribution in [0.5, 0.6) is 0 Å². The number of hydrogen-bond acceptors (Lipinski definition) is 4. The maximum Gasteiger partial charge on any atom is 0.432 e. The van der Waals surface area contributed by atoms with Gasteiger partial charge in [-0.15, -0.1) is 11.3 Å². The van der Waals surface area contributed by atoms with Crippen LogP contribution in [-0.2, 0) is 16.2 Å². The quantitative estimate of drug-likeness (QED) is 0.638. The van der Waals surface area contributed by atoms with E-state index in [1.165, 1.54) is 6.07 Å². The Hall–Kier alpha value is -2.33. The largest absolute Gasteiger partial charge is 0.432 e. The summed E-state index contributed by atoms with van der Waals surface area (Å²) in [6.45, 7) is 5.23. The fourth-order valence-electron chi connectivity index (χ4n) is 2.50. The molecule has 5 nitrogen and oxygen atoms in total. The fraction of sp³-hybridized carbons (Fsp3) is 0.235. The van der Waals surface area contributed by atoms with Gasteiger partial charge in [-0.3, -0.25) is 9.82 Å². The first kappa shape index (κ1) is 19.4. The van der Waals surface area contributed by atoms with Crippen molar-refractivity contribution in [2.24, 2.45) is 0 Å². The summed E-state index contributed by atoms with van der Waals surface area (Å²) in [5.41, 5.74) is 1.18. The smallest absolute Gasteiger partial charge is 0.279 e. The minimum Gasteiger partial charge on any atom is -0.279 e. The topological polar surface area (TPSA) is 74.8 Å². The summed E-state index contributed by atoms with van der Waals surface area (Å²) in [6.07, 6.45) is -4.54. The third-order valence-electron chi connectivity index (χ3n) is 3.93. The second kappa shape index (κ2) is 6.68. The molecule has 0 atom stereocenters. The van der Waals surface area contributed by atoms with Crippen LogP contribution in [0.2, 0.25) is 0 Å². The molecule has 27 heavy (non-hydrogen) atoms. The van der Waals surface area contributed by atoms with Gasteiger partial charge in [0.25, 0.3) is 10.0 Å². The molecule has 10 heteroatoms. The number of nitrogens with one attached hydrogen (secondary N) is 2. The van der Waals surface area contributed by atoms with E-state index in [0.29, 0.717) is 15.4 Å². The molecule has 2 heterocycles.